The van der Waals surface area contributed by atoms with Crippen LogP contribution >= 0.6 is 0 Å². The highest BCUT2D eigenvalue weighted by Crippen LogP contribution is 2.29. The first kappa shape index (κ1) is 38.9. The molecule has 0 spiro atoms. The monoisotopic (exact) mass is 645 g/mol. The Morgan fingerprint density at radius 2 is 1.22 bits per heavy atom. The molecule has 3 amide bonds. The van der Waals surface area contributed by atoms with E-state index in [9.17, 15) is 24.0 Å². The van der Waals surface area contributed by atoms with Gasteiger partial charge in [0.2, 0.25) is 17.7 Å². The second-order valence-electron chi connectivity index (χ2n) is 13.4. The van der Waals surface area contributed by atoms with Gasteiger partial charge in [-0.1, -0.05) is 84.0 Å². The normalized spacial score (nSPS) is 18.3. The molecule has 0 heterocycles. The number of hydrogen-bond donors (Lipinski definition) is 6. The summed E-state index contributed by atoms with van der Waals surface area (Å²) in [5.41, 5.74) is 10.5. The van der Waals surface area contributed by atoms with Crippen LogP contribution in [0.25, 0.3) is 0 Å². The van der Waals surface area contributed by atoms with Crippen molar-refractivity contribution in [3.05, 3.63) is 0 Å². The molecule has 4 unspecified atom stereocenters. The number of nitrogens with two attached hydrogens (primary N) is 2. The number of hydrogen-bond acceptors (Lipinski definition) is 7. The molecule has 8 N–H and O–H groups in total. The zero-order valence-electron chi connectivity index (χ0n) is 28.3. The molecule has 2 fully saturated rings. The predicted octanol–water partition coefficient (Wildman–Crippen LogP) is 3.44. The molecule has 0 aromatic heterocycles. The van der Waals surface area contributed by atoms with Crippen LogP contribution in [-0.2, 0) is 24.0 Å². The number of aliphatic imine (C=N–C) groups is 1. The van der Waals surface area contributed by atoms with Gasteiger partial charge in [-0.3, -0.25) is 29.0 Å². The molecule has 46 heavy (non-hydrogen) atoms. The van der Waals surface area contributed by atoms with Crippen molar-refractivity contribution in [3.63, 3.8) is 0 Å². The molecule has 0 radical (unpaired) electrons. The van der Waals surface area contributed by atoms with E-state index in [1.54, 1.807) is 0 Å². The molecule has 2 saturated carbocycles. The Morgan fingerprint density at radius 3 is 1.72 bits per heavy atom. The lowest BCUT2D eigenvalue weighted by Crippen LogP contribution is -2.57. The molecule has 12 heteroatoms. The average Bonchev–Trinajstić information content (AvgIpc) is 3.02. The van der Waals surface area contributed by atoms with E-state index in [0.29, 0.717) is 38.0 Å². The summed E-state index contributed by atoms with van der Waals surface area (Å²) in [4.78, 5) is 69.7. The maximum Gasteiger partial charge on any atom is 0.243 e. The van der Waals surface area contributed by atoms with Crippen molar-refractivity contribution in [3.8, 4) is 0 Å². The Labute approximate surface area is 274 Å². The number of carbonyl (C=O) groups is 5. The molecule has 0 aromatic carbocycles. The molecule has 2 aliphatic rings. The van der Waals surface area contributed by atoms with E-state index >= 15 is 0 Å². The lowest BCUT2D eigenvalue weighted by Gasteiger charge is -2.30. The van der Waals surface area contributed by atoms with Crippen LogP contribution < -0.4 is 27.4 Å². The molecule has 260 valence electrons. The van der Waals surface area contributed by atoms with Gasteiger partial charge in [-0.15, -0.1) is 0 Å². The van der Waals surface area contributed by atoms with Gasteiger partial charge in [-0.25, -0.2) is 0 Å². The third kappa shape index (κ3) is 14.0. The topological polar surface area (TPSA) is 210 Å². The summed E-state index contributed by atoms with van der Waals surface area (Å²) >= 11 is 0. The summed E-state index contributed by atoms with van der Waals surface area (Å²) in [6.45, 7) is 4.97. The molecule has 2 aliphatic carbocycles. The molecule has 0 aliphatic heterocycles. The third-order valence-electron chi connectivity index (χ3n) is 9.50. The van der Waals surface area contributed by atoms with E-state index in [4.69, 9.17) is 16.9 Å². The number of nitrogens with one attached hydrogen (secondary N) is 4. The number of amides is 3. The van der Waals surface area contributed by atoms with Gasteiger partial charge in [0.15, 0.2) is 17.5 Å². The van der Waals surface area contributed by atoms with Crippen LogP contribution in [0.15, 0.2) is 4.99 Å². The highest BCUT2D eigenvalue weighted by atomic mass is 16.2. The molecular formula is C34H59N7O5. The Hall–Kier alpha value is -3.31. The number of carbonyl (C=O) groups excluding carboxylic acids is 5. The summed E-state index contributed by atoms with van der Waals surface area (Å²) in [6, 6.07) is -2.41. The largest absolute Gasteiger partial charge is 0.370 e. The zero-order valence-corrected chi connectivity index (χ0v) is 28.3. The van der Waals surface area contributed by atoms with Gasteiger partial charge < -0.3 is 32.8 Å². The molecular weight excluding hydrogens is 586 g/mol. The molecule has 12 nitrogen and oxygen atoms in total. The summed E-state index contributed by atoms with van der Waals surface area (Å²) in [6.07, 6.45) is 14.1. The van der Waals surface area contributed by atoms with Crippen molar-refractivity contribution in [2.45, 2.75) is 148 Å². The van der Waals surface area contributed by atoms with Crippen molar-refractivity contribution < 1.29 is 24.0 Å². The zero-order chi connectivity index (χ0) is 34.1. The van der Waals surface area contributed by atoms with Crippen LogP contribution in [0, 0.1) is 23.2 Å². The minimum absolute atomic E-state index is 0.0860. The Morgan fingerprint density at radius 1 is 0.717 bits per heavy atom. The predicted molar refractivity (Wildman–Crippen MR) is 180 cm³/mol. The second-order valence-corrected chi connectivity index (χ2v) is 13.4. The van der Waals surface area contributed by atoms with Gasteiger partial charge in [0.05, 0.1) is 17.7 Å². The smallest absolute Gasteiger partial charge is 0.243 e. The van der Waals surface area contributed by atoms with Crippen LogP contribution in [0.1, 0.15) is 130 Å². The van der Waals surface area contributed by atoms with E-state index in [-0.39, 0.29) is 36.3 Å². The van der Waals surface area contributed by atoms with E-state index in [1.165, 1.54) is 20.3 Å². The third-order valence-corrected chi connectivity index (χ3v) is 9.50. The van der Waals surface area contributed by atoms with E-state index in [0.717, 1.165) is 64.2 Å². The van der Waals surface area contributed by atoms with Gasteiger partial charge in [0.1, 0.15) is 12.1 Å². The molecule has 0 saturated heterocycles. The number of Topliss-reactive ketones (excluding diaryl/α,β-unsaturated/α-hetero) is 2. The van der Waals surface area contributed by atoms with Crippen LogP contribution in [-0.4, -0.2) is 65.6 Å². The van der Waals surface area contributed by atoms with E-state index in [1.807, 2.05) is 6.92 Å². The highest BCUT2D eigenvalue weighted by Gasteiger charge is 2.34. The summed E-state index contributed by atoms with van der Waals surface area (Å²) < 4.78 is 0. The molecule has 0 aromatic rings. The van der Waals surface area contributed by atoms with Gasteiger partial charge in [-0.05, 0) is 50.9 Å². The molecule has 2 rings (SSSR count). The van der Waals surface area contributed by atoms with Crippen molar-refractivity contribution in [2.75, 3.05) is 6.54 Å². The first-order chi connectivity index (χ1) is 21.9. The number of ketones is 2. The lowest BCUT2D eigenvalue weighted by atomic mass is 9.84. The first-order valence-corrected chi connectivity index (χ1v) is 17.5. The lowest BCUT2D eigenvalue weighted by molar-refractivity contribution is -0.134. The van der Waals surface area contributed by atoms with E-state index < -0.39 is 47.5 Å². The van der Waals surface area contributed by atoms with Crippen molar-refractivity contribution in [1.82, 2.24) is 16.0 Å². The fourth-order valence-electron chi connectivity index (χ4n) is 6.72. The summed E-state index contributed by atoms with van der Waals surface area (Å²) in [5, 5.41) is 17.0. The standard InChI is InChI=1S/C34H59N7O5/c1-4-5-18-27(32(45)40-28(22(2)42)20-24-13-8-6-9-14-24)39-33(46)29(21-25-15-10-7-11-16-25)41-31(44)26(30(35)23(3)43)17-12-19-38-34(36)37/h24-29,35H,4-21H2,1-3H3,(H,39,46)(H,40,45)(H,41,44)(H4,36,37,38). The van der Waals surface area contributed by atoms with Crippen LogP contribution in [0.2, 0.25) is 0 Å². The van der Waals surface area contributed by atoms with Crippen molar-refractivity contribution in [1.29, 1.82) is 5.41 Å². The second kappa shape index (κ2) is 20.7. The van der Waals surface area contributed by atoms with Crippen molar-refractivity contribution >= 4 is 41.0 Å². The van der Waals surface area contributed by atoms with Crippen molar-refractivity contribution in [2.24, 2.45) is 34.2 Å². The SMILES string of the molecule is CCCCC(NC(=O)C(CC1CCCCC1)NC(=O)C(CCCN=C(N)N)C(=N)C(C)=O)C(=O)NC(CC1CCCCC1)C(C)=O. The van der Waals surface area contributed by atoms with Gasteiger partial charge in [-0.2, -0.15) is 0 Å². The fraction of sp³-hybridized carbons (Fsp3) is 0.794. The van der Waals surface area contributed by atoms with Gasteiger partial charge >= 0.3 is 0 Å². The summed E-state index contributed by atoms with van der Waals surface area (Å²) in [7, 11) is 0. The minimum Gasteiger partial charge on any atom is -0.370 e. The number of unbranched alkanes of at least 4 members (excludes halogenated alkanes) is 1. The van der Waals surface area contributed by atoms with Crippen LogP contribution in [0.5, 0.6) is 0 Å². The average molecular weight is 646 g/mol. The quantitative estimate of drug-likeness (QED) is 0.0659. The summed E-state index contributed by atoms with van der Waals surface area (Å²) in [5.74, 6) is -2.62. The van der Waals surface area contributed by atoms with Gasteiger partial charge in [0.25, 0.3) is 0 Å². The Balaban J connectivity index is 2.23. The Kier molecular flexibility index (Phi) is 17.5. The number of guanidine groups is 1. The highest BCUT2D eigenvalue weighted by molar-refractivity contribution is 6.41. The van der Waals surface area contributed by atoms with E-state index in [2.05, 4.69) is 20.9 Å². The van der Waals surface area contributed by atoms with Crippen LogP contribution in [0.3, 0.4) is 0 Å². The first-order valence-electron chi connectivity index (χ1n) is 17.5. The number of nitrogens with zero attached hydrogens (tertiary/aromatic N) is 1. The Bertz CT molecular complexity index is 1060. The van der Waals surface area contributed by atoms with Crippen LogP contribution in [0.4, 0.5) is 0 Å². The molecule has 0 bridgehead atoms. The number of rotatable bonds is 20. The molecule has 4 atom stereocenters. The maximum absolute atomic E-state index is 13.9. The fourth-order valence-corrected chi connectivity index (χ4v) is 6.72. The maximum atomic E-state index is 13.9. The minimum atomic E-state index is -1.07. The van der Waals surface area contributed by atoms with Gasteiger partial charge in [0, 0.05) is 13.5 Å².